The van der Waals surface area contributed by atoms with Crippen LogP contribution in [-0.4, -0.2) is 24.2 Å². The molecular weight excluding hydrogens is 313 g/mol. The van der Waals surface area contributed by atoms with Crippen LogP contribution in [0.4, 0.5) is 4.39 Å². The van der Waals surface area contributed by atoms with Gasteiger partial charge in [0.15, 0.2) is 0 Å². The number of hydrogen-bond donors (Lipinski definition) is 2. The van der Waals surface area contributed by atoms with Gasteiger partial charge in [0.2, 0.25) is 0 Å². The van der Waals surface area contributed by atoms with E-state index in [1.54, 1.807) is 12.1 Å². The van der Waals surface area contributed by atoms with Crippen molar-refractivity contribution in [1.82, 2.24) is 5.32 Å². The van der Waals surface area contributed by atoms with Crippen LogP contribution in [0.2, 0.25) is 0 Å². The lowest BCUT2D eigenvalue weighted by Gasteiger charge is -2.35. The highest BCUT2D eigenvalue weighted by molar-refractivity contribution is 7.99. The van der Waals surface area contributed by atoms with E-state index in [9.17, 15) is 14.3 Å². The first-order chi connectivity index (χ1) is 11.1. The Morgan fingerprint density at radius 3 is 2.39 bits per heavy atom. The summed E-state index contributed by atoms with van der Waals surface area (Å²) in [7, 11) is 0. The molecule has 2 aromatic carbocycles. The monoisotopic (exact) mass is 331 g/mol. The summed E-state index contributed by atoms with van der Waals surface area (Å²) in [4.78, 5) is 13.9. The summed E-state index contributed by atoms with van der Waals surface area (Å²) in [6.07, 6.45) is 1.15. The standard InChI is InChI=1S/C18H18FNO2S/c19-13-5-7-14(8-6-13)23-16-4-2-1-3-15(16)18(17(21)22)9-11-20-12-10-18/h1-8,20H,9-12H2,(H,21,22). The second-order valence-corrected chi connectivity index (χ2v) is 6.80. The lowest BCUT2D eigenvalue weighted by Crippen LogP contribution is -2.45. The predicted octanol–water partition coefficient (Wildman–Crippen LogP) is 3.68. The molecule has 0 unspecified atom stereocenters. The molecule has 0 amide bonds. The Morgan fingerprint density at radius 1 is 1.09 bits per heavy atom. The van der Waals surface area contributed by atoms with E-state index in [1.807, 2.05) is 24.3 Å². The number of nitrogens with one attached hydrogen (secondary N) is 1. The first-order valence-electron chi connectivity index (χ1n) is 7.59. The zero-order valence-electron chi connectivity index (χ0n) is 12.6. The van der Waals surface area contributed by atoms with Crippen LogP contribution in [0.15, 0.2) is 58.3 Å². The van der Waals surface area contributed by atoms with E-state index < -0.39 is 11.4 Å². The summed E-state index contributed by atoms with van der Waals surface area (Å²) in [5, 5.41) is 13.1. The van der Waals surface area contributed by atoms with Gasteiger partial charge in [0.1, 0.15) is 5.82 Å². The fourth-order valence-electron chi connectivity index (χ4n) is 3.03. The van der Waals surface area contributed by atoms with Crippen LogP contribution >= 0.6 is 11.8 Å². The minimum Gasteiger partial charge on any atom is -0.481 e. The van der Waals surface area contributed by atoms with Crippen LogP contribution < -0.4 is 5.32 Å². The van der Waals surface area contributed by atoms with Crippen LogP contribution in [0, 0.1) is 5.82 Å². The van der Waals surface area contributed by atoms with Gasteiger partial charge in [-0.05, 0) is 61.8 Å². The van der Waals surface area contributed by atoms with Crippen molar-refractivity contribution in [2.24, 2.45) is 0 Å². The van der Waals surface area contributed by atoms with E-state index in [0.717, 1.165) is 15.4 Å². The molecule has 0 radical (unpaired) electrons. The normalized spacial score (nSPS) is 16.9. The topological polar surface area (TPSA) is 49.3 Å². The Kier molecular flexibility index (Phi) is 4.68. The highest BCUT2D eigenvalue weighted by atomic mass is 32.2. The molecule has 1 aliphatic rings. The van der Waals surface area contributed by atoms with Crippen molar-refractivity contribution in [3.63, 3.8) is 0 Å². The second kappa shape index (κ2) is 6.72. The van der Waals surface area contributed by atoms with E-state index in [0.29, 0.717) is 25.9 Å². The number of benzene rings is 2. The maximum atomic E-state index is 13.1. The molecule has 1 heterocycles. The Balaban J connectivity index is 1.99. The van der Waals surface area contributed by atoms with Crippen LogP contribution in [-0.2, 0) is 10.2 Å². The number of carboxylic acid groups (broad SMARTS) is 1. The highest BCUT2D eigenvalue weighted by Crippen LogP contribution is 2.41. The third kappa shape index (κ3) is 3.26. The van der Waals surface area contributed by atoms with Gasteiger partial charge in [-0.25, -0.2) is 4.39 Å². The fraction of sp³-hybridized carbons (Fsp3) is 0.278. The number of carboxylic acids is 1. The van der Waals surface area contributed by atoms with Gasteiger partial charge in [-0.15, -0.1) is 0 Å². The molecule has 120 valence electrons. The van der Waals surface area contributed by atoms with Gasteiger partial charge in [-0.2, -0.15) is 0 Å². The third-order valence-corrected chi connectivity index (χ3v) is 5.39. The van der Waals surface area contributed by atoms with Crippen molar-refractivity contribution < 1.29 is 14.3 Å². The molecule has 3 rings (SSSR count). The smallest absolute Gasteiger partial charge is 0.314 e. The molecule has 1 saturated heterocycles. The van der Waals surface area contributed by atoms with Crippen LogP contribution in [0.25, 0.3) is 0 Å². The van der Waals surface area contributed by atoms with E-state index in [2.05, 4.69) is 5.32 Å². The van der Waals surface area contributed by atoms with E-state index in [1.165, 1.54) is 23.9 Å². The number of carbonyl (C=O) groups is 1. The Bertz CT molecular complexity index is 696. The Hall–Kier alpha value is -1.85. The van der Waals surface area contributed by atoms with E-state index >= 15 is 0 Å². The SMILES string of the molecule is O=C(O)C1(c2ccccc2Sc2ccc(F)cc2)CCNCC1. The predicted molar refractivity (Wildman–Crippen MR) is 88.4 cm³/mol. The van der Waals surface area contributed by atoms with Gasteiger partial charge in [-0.3, -0.25) is 4.79 Å². The van der Waals surface area contributed by atoms with Crippen molar-refractivity contribution in [3.8, 4) is 0 Å². The van der Waals surface area contributed by atoms with Crippen molar-refractivity contribution in [2.45, 2.75) is 28.0 Å². The highest BCUT2D eigenvalue weighted by Gasteiger charge is 2.42. The quantitative estimate of drug-likeness (QED) is 0.897. The number of piperidine rings is 1. The first-order valence-corrected chi connectivity index (χ1v) is 8.40. The molecule has 0 aromatic heterocycles. The number of aliphatic carboxylic acids is 1. The van der Waals surface area contributed by atoms with E-state index in [4.69, 9.17) is 0 Å². The molecule has 0 bridgehead atoms. The Labute approximate surface area is 138 Å². The maximum Gasteiger partial charge on any atom is 0.314 e. The van der Waals surface area contributed by atoms with E-state index in [-0.39, 0.29) is 5.82 Å². The van der Waals surface area contributed by atoms with Crippen molar-refractivity contribution in [3.05, 3.63) is 59.9 Å². The summed E-state index contributed by atoms with van der Waals surface area (Å²) in [5.41, 5.74) is -0.00201. The molecule has 1 aliphatic heterocycles. The van der Waals surface area contributed by atoms with Gasteiger partial charge in [0.05, 0.1) is 5.41 Å². The summed E-state index contributed by atoms with van der Waals surface area (Å²) >= 11 is 1.48. The number of halogens is 1. The fourth-order valence-corrected chi connectivity index (χ4v) is 4.08. The summed E-state index contributed by atoms with van der Waals surface area (Å²) in [6, 6.07) is 13.9. The van der Waals surface area contributed by atoms with Gasteiger partial charge in [-0.1, -0.05) is 30.0 Å². The molecule has 0 spiro atoms. The third-order valence-electron chi connectivity index (χ3n) is 4.31. The summed E-state index contributed by atoms with van der Waals surface area (Å²) in [6.45, 7) is 1.39. The van der Waals surface area contributed by atoms with Crippen molar-refractivity contribution in [1.29, 1.82) is 0 Å². The molecule has 3 nitrogen and oxygen atoms in total. The molecule has 0 saturated carbocycles. The maximum absolute atomic E-state index is 13.1. The van der Waals surface area contributed by atoms with Crippen molar-refractivity contribution in [2.75, 3.05) is 13.1 Å². The molecule has 1 fully saturated rings. The molecule has 0 atom stereocenters. The average Bonchev–Trinajstić information content (AvgIpc) is 2.58. The summed E-state index contributed by atoms with van der Waals surface area (Å²) in [5.74, 6) is -1.05. The first kappa shape index (κ1) is 16.0. The summed E-state index contributed by atoms with van der Waals surface area (Å²) < 4.78 is 13.1. The zero-order chi connectivity index (χ0) is 16.3. The molecule has 2 N–H and O–H groups in total. The lowest BCUT2D eigenvalue weighted by atomic mass is 9.73. The van der Waals surface area contributed by atoms with Crippen LogP contribution in [0.5, 0.6) is 0 Å². The molecule has 0 aliphatic carbocycles. The molecule has 2 aromatic rings. The number of hydrogen-bond acceptors (Lipinski definition) is 3. The molecule has 5 heteroatoms. The van der Waals surface area contributed by atoms with Crippen LogP contribution in [0.1, 0.15) is 18.4 Å². The molecule has 23 heavy (non-hydrogen) atoms. The minimum atomic E-state index is -0.852. The van der Waals surface area contributed by atoms with Crippen molar-refractivity contribution >= 4 is 17.7 Å². The minimum absolute atomic E-state index is 0.275. The Morgan fingerprint density at radius 2 is 1.74 bits per heavy atom. The van der Waals surface area contributed by atoms with Crippen LogP contribution in [0.3, 0.4) is 0 Å². The number of rotatable bonds is 4. The van der Waals surface area contributed by atoms with Gasteiger partial charge in [0.25, 0.3) is 0 Å². The lowest BCUT2D eigenvalue weighted by molar-refractivity contribution is -0.145. The molecular formula is C18H18FNO2S. The second-order valence-electron chi connectivity index (χ2n) is 5.69. The van der Waals surface area contributed by atoms with Gasteiger partial charge >= 0.3 is 5.97 Å². The average molecular weight is 331 g/mol. The zero-order valence-corrected chi connectivity index (χ0v) is 13.4. The largest absolute Gasteiger partial charge is 0.481 e. The van der Waals surface area contributed by atoms with Gasteiger partial charge < -0.3 is 10.4 Å². The van der Waals surface area contributed by atoms with Gasteiger partial charge in [0, 0.05) is 9.79 Å².